The van der Waals surface area contributed by atoms with Crippen LogP contribution in [0.25, 0.3) is 0 Å². The van der Waals surface area contributed by atoms with Crippen LogP contribution in [0, 0.1) is 0 Å². The number of hydrogen-bond acceptors (Lipinski definition) is 8. The maximum atomic E-state index is 10.9. The lowest BCUT2D eigenvalue weighted by atomic mass is 10.4. The highest BCUT2D eigenvalue weighted by Gasteiger charge is 2.12. The first-order chi connectivity index (χ1) is 10.9. The SMILES string of the molecule is C=CC(=O)COC(O)COCC(C)OCC(O)COC(=O)C=C. The molecule has 0 bridgehead atoms. The van der Waals surface area contributed by atoms with Gasteiger partial charge in [-0.05, 0) is 13.0 Å². The summed E-state index contributed by atoms with van der Waals surface area (Å²) in [5.41, 5.74) is 0. The molecule has 8 nitrogen and oxygen atoms in total. The first-order valence-corrected chi connectivity index (χ1v) is 7.00. The van der Waals surface area contributed by atoms with E-state index in [2.05, 4.69) is 17.9 Å². The molecule has 3 unspecified atom stereocenters. The average molecular weight is 332 g/mol. The Hall–Kier alpha value is -1.58. The van der Waals surface area contributed by atoms with Gasteiger partial charge in [0.1, 0.15) is 19.3 Å². The van der Waals surface area contributed by atoms with Crippen molar-refractivity contribution in [2.24, 2.45) is 0 Å². The van der Waals surface area contributed by atoms with Crippen LogP contribution in [-0.4, -0.2) is 73.5 Å². The standard InChI is InChI=1S/C15H24O8/c1-4-12(16)7-23-15(19)10-20-6-11(3)21-8-13(17)9-22-14(18)5-2/h4-5,11,13,15,17,19H,1-2,6-10H2,3H3. The van der Waals surface area contributed by atoms with Crippen LogP contribution in [-0.2, 0) is 28.5 Å². The van der Waals surface area contributed by atoms with Gasteiger partial charge in [-0.3, -0.25) is 4.79 Å². The minimum absolute atomic E-state index is 0.0398. The molecule has 8 heteroatoms. The number of esters is 1. The lowest BCUT2D eigenvalue weighted by Crippen LogP contribution is -2.29. The van der Waals surface area contributed by atoms with E-state index >= 15 is 0 Å². The molecule has 0 spiro atoms. The van der Waals surface area contributed by atoms with E-state index in [1.165, 1.54) is 0 Å². The summed E-state index contributed by atoms with van der Waals surface area (Å²) in [7, 11) is 0. The summed E-state index contributed by atoms with van der Waals surface area (Å²) in [6, 6.07) is 0. The highest BCUT2D eigenvalue weighted by Crippen LogP contribution is 1.98. The fourth-order valence-electron chi connectivity index (χ4n) is 1.23. The van der Waals surface area contributed by atoms with Crippen LogP contribution in [0.15, 0.2) is 25.3 Å². The smallest absolute Gasteiger partial charge is 0.330 e. The third-order valence-electron chi connectivity index (χ3n) is 2.42. The highest BCUT2D eigenvalue weighted by atomic mass is 16.6. The van der Waals surface area contributed by atoms with Crippen molar-refractivity contribution < 1.29 is 38.7 Å². The molecule has 0 heterocycles. The third-order valence-corrected chi connectivity index (χ3v) is 2.42. The Kier molecular flexibility index (Phi) is 12.0. The molecule has 0 fully saturated rings. The normalized spacial score (nSPS) is 14.6. The van der Waals surface area contributed by atoms with E-state index in [0.29, 0.717) is 0 Å². The number of aliphatic hydroxyl groups excluding tert-OH is 2. The molecule has 0 aromatic carbocycles. The number of rotatable bonds is 14. The lowest BCUT2D eigenvalue weighted by Gasteiger charge is -2.17. The fourth-order valence-corrected chi connectivity index (χ4v) is 1.23. The van der Waals surface area contributed by atoms with Gasteiger partial charge >= 0.3 is 5.97 Å². The second-order valence-electron chi connectivity index (χ2n) is 4.61. The van der Waals surface area contributed by atoms with Crippen molar-refractivity contribution in [3.8, 4) is 0 Å². The van der Waals surface area contributed by atoms with E-state index in [4.69, 9.17) is 14.2 Å². The van der Waals surface area contributed by atoms with Crippen molar-refractivity contribution in [1.29, 1.82) is 0 Å². The molecule has 0 saturated carbocycles. The number of carbonyl (C=O) groups excluding carboxylic acids is 2. The number of hydrogen-bond donors (Lipinski definition) is 2. The molecule has 0 aliphatic heterocycles. The zero-order valence-corrected chi connectivity index (χ0v) is 13.2. The summed E-state index contributed by atoms with van der Waals surface area (Å²) in [6.07, 6.45) is -0.446. The Morgan fingerprint density at radius 2 is 1.74 bits per heavy atom. The van der Waals surface area contributed by atoms with Crippen LogP contribution in [0.4, 0.5) is 0 Å². The van der Waals surface area contributed by atoms with Crippen LogP contribution >= 0.6 is 0 Å². The van der Waals surface area contributed by atoms with E-state index in [1.54, 1.807) is 6.92 Å². The van der Waals surface area contributed by atoms with Crippen LogP contribution in [0.3, 0.4) is 0 Å². The molecule has 0 amide bonds. The van der Waals surface area contributed by atoms with Gasteiger partial charge < -0.3 is 29.2 Å². The van der Waals surface area contributed by atoms with E-state index in [-0.39, 0.29) is 44.9 Å². The van der Waals surface area contributed by atoms with E-state index < -0.39 is 18.4 Å². The number of aliphatic hydroxyl groups is 2. The molecule has 132 valence electrons. The quantitative estimate of drug-likeness (QED) is 0.251. The Morgan fingerprint density at radius 1 is 1.04 bits per heavy atom. The Balaban J connectivity index is 3.68. The van der Waals surface area contributed by atoms with Crippen LogP contribution in [0.2, 0.25) is 0 Å². The van der Waals surface area contributed by atoms with E-state index in [0.717, 1.165) is 12.2 Å². The zero-order chi connectivity index (χ0) is 17.7. The van der Waals surface area contributed by atoms with Gasteiger partial charge in [0.2, 0.25) is 0 Å². The lowest BCUT2D eigenvalue weighted by molar-refractivity contribution is -0.156. The molecule has 0 aromatic heterocycles. The van der Waals surface area contributed by atoms with Crippen molar-refractivity contribution in [2.75, 3.05) is 33.0 Å². The molecular formula is C15H24O8. The average Bonchev–Trinajstić information content (AvgIpc) is 2.55. The topological polar surface area (TPSA) is 112 Å². The number of carbonyl (C=O) groups is 2. The number of ether oxygens (including phenoxy) is 4. The summed E-state index contributed by atoms with van der Waals surface area (Å²) in [5.74, 6) is -0.962. The van der Waals surface area contributed by atoms with Crippen LogP contribution < -0.4 is 0 Å². The monoisotopic (exact) mass is 332 g/mol. The molecule has 0 aliphatic carbocycles. The Bertz CT molecular complexity index is 382. The number of ketones is 1. The molecule has 3 atom stereocenters. The fraction of sp³-hybridized carbons (Fsp3) is 0.600. The van der Waals surface area contributed by atoms with Gasteiger partial charge in [-0.15, -0.1) is 0 Å². The molecule has 0 rings (SSSR count). The van der Waals surface area contributed by atoms with Gasteiger partial charge in [0, 0.05) is 6.08 Å². The zero-order valence-electron chi connectivity index (χ0n) is 13.2. The molecule has 0 radical (unpaired) electrons. The maximum Gasteiger partial charge on any atom is 0.330 e. The van der Waals surface area contributed by atoms with Crippen LogP contribution in [0.5, 0.6) is 0 Å². The highest BCUT2D eigenvalue weighted by molar-refractivity contribution is 5.90. The maximum absolute atomic E-state index is 10.9. The van der Waals surface area contributed by atoms with Gasteiger partial charge in [0.05, 0.1) is 25.9 Å². The van der Waals surface area contributed by atoms with Gasteiger partial charge in [-0.1, -0.05) is 13.2 Å². The first-order valence-electron chi connectivity index (χ1n) is 7.00. The largest absolute Gasteiger partial charge is 0.460 e. The van der Waals surface area contributed by atoms with Gasteiger partial charge in [-0.25, -0.2) is 4.79 Å². The summed E-state index contributed by atoms with van der Waals surface area (Å²) in [4.78, 5) is 21.7. The molecule has 0 aliphatic rings. The second kappa shape index (κ2) is 12.9. The predicted molar refractivity (Wildman–Crippen MR) is 80.6 cm³/mol. The van der Waals surface area contributed by atoms with Gasteiger partial charge in [0.25, 0.3) is 0 Å². The van der Waals surface area contributed by atoms with Crippen molar-refractivity contribution in [1.82, 2.24) is 0 Å². The van der Waals surface area contributed by atoms with Crippen molar-refractivity contribution in [2.45, 2.75) is 25.4 Å². The summed E-state index contributed by atoms with van der Waals surface area (Å²) < 4.78 is 19.9. The van der Waals surface area contributed by atoms with Crippen molar-refractivity contribution in [3.05, 3.63) is 25.3 Å². The van der Waals surface area contributed by atoms with Crippen molar-refractivity contribution in [3.63, 3.8) is 0 Å². The molecule has 0 aromatic rings. The molecular weight excluding hydrogens is 308 g/mol. The minimum atomic E-state index is -1.23. The third kappa shape index (κ3) is 12.6. The first kappa shape index (κ1) is 21.4. The molecule has 0 saturated heterocycles. The minimum Gasteiger partial charge on any atom is -0.460 e. The molecule has 23 heavy (non-hydrogen) atoms. The van der Waals surface area contributed by atoms with Crippen LogP contribution in [0.1, 0.15) is 6.92 Å². The summed E-state index contributed by atoms with van der Waals surface area (Å²) in [5, 5.41) is 18.9. The van der Waals surface area contributed by atoms with E-state index in [9.17, 15) is 19.8 Å². The Morgan fingerprint density at radius 3 is 2.35 bits per heavy atom. The van der Waals surface area contributed by atoms with E-state index in [1.807, 2.05) is 0 Å². The second-order valence-corrected chi connectivity index (χ2v) is 4.61. The summed E-state index contributed by atoms with van der Waals surface area (Å²) in [6.45, 7) is 7.73. The van der Waals surface area contributed by atoms with Gasteiger partial charge in [0.15, 0.2) is 12.1 Å². The van der Waals surface area contributed by atoms with Crippen molar-refractivity contribution >= 4 is 11.8 Å². The van der Waals surface area contributed by atoms with Gasteiger partial charge in [-0.2, -0.15) is 0 Å². The Labute approximate surface area is 135 Å². The predicted octanol–water partition coefficient (Wildman–Crippen LogP) is -0.412. The summed E-state index contributed by atoms with van der Waals surface area (Å²) >= 11 is 0. The molecule has 2 N–H and O–H groups in total.